The highest BCUT2D eigenvalue weighted by molar-refractivity contribution is 5.83. The first-order valence-corrected chi connectivity index (χ1v) is 4.86. The number of aromatic nitrogens is 2. The van der Waals surface area contributed by atoms with E-state index in [1.54, 1.807) is 0 Å². The van der Waals surface area contributed by atoms with Gasteiger partial charge in [0, 0.05) is 11.8 Å². The van der Waals surface area contributed by atoms with Crippen molar-refractivity contribution in [3.63, 3.8) is 0 Å². The Morgan fingerprint density at radius 1 is 1.13 bits per heavy atom. The van der Waals surface area contributed by atoms with Crippen molar-refractivity contribution >= 4 is 16.7 Å². The summed E-state index contributed by atoms with van der Waals surface area (Å²) in [5.74, 6) is 0. The Labute approximate surface area is 86.6 Å². The Morgan fingerprint density at radius 3 is 2.93 bits per heavy atom. The maximum atomic E-state index is 9.21. The minimum absolute atomic E-state index is 0.0290. The smallest absolute Gasteiger partial charge is 0.137 e. The maximum Gasteiger partial charge on any atom is 0.137 e. The minimum atomic E-state index is 0.0290. The molecule has 0 bridgehead atoms. The molecule has 0 radical (unpaired) electrons. The summed E-state index contributed by atoms with van der Waals surface area (Å²) < 4.78 is 2.02. The van der Waals surface area contributed by atoms with Crippen LogP contribution >= 0.6 is 0 Å². The van der Waals surface area contributed by atoms with Gasteiger partial charge in [0.2, 0.25) is 0 Å². The zero-order valence-electron chi connectivity index (χ0n) is 8.09. The van der Waals surface area contributed by atoms with Crippen molar-refractivity contribution in [2.75, 3.05) is 0 Å². The lowest BCUT2D eigenvalue weighted by Gasteiger charge is -1.96. The van der Waals surface area contributed by atoms with E-state index in [1.807, 2.05) is 47.0 Å². The summed E-state index contributed by atoms with van der Waals surface area (Å²) in [5.41, 5.74) is 3.70. The van der Waals surface area contributed by atoms with Crippen LogP contribution in [-0.4, -0.2) is 14.5 Å². The number of hydrogen-bond acceptors (Lipinski definition) is 2. The lowest BCUT2D eigenvalue weighted by atomic mass is 10.2. The molecule has 0 saturated heterocycles. The molecule has 2 aromatic heterocycles. The number of benzene rings is 1. The van der Waals surface area contributed by atoms with Crippen molar-refractivity contribution in [1.29, 1.82) is 0 Å². The first-order chi connectivity index (χ1) is 7.40. The molecule has 0 unspecified atom stereocenters. The molecule has 0 aliphatic heterocycles. The maximum absolute atomic E-state index is 9.21. The zero-order chi connectivity index (χ0) is 10.3. The third kappa shape index (κ3) is 1.13. The van der Waals surface area contributed by atoms with Gasteiger partial charge in [-0.3, -0.25) is 4.40 Å². The number of nitrogens with zero attached hydrogens (tertiary/aromatic N) is 2. The van der Waals surface area contributed by atoms with E-state index in [-0.39, 0.29) is 6.61 Å². The summed E-state index contributed by atoms with van der Waals surface area (Å²) in [7, 11) is 0. The van der Waals surface area contributed by atoms with Gasteiger partial charge in [0.25, 0.3) is 0 Å². The Kier molecular flexibility index (Phi) is 1.73. The predicted molar refractivity (Wildman–Crippen MR) is 58.6 cm³/mol. The molecule has 1 N–H and O–H groups in total. The molecular formula is C12H10N2O. The van der Waals surface area contributed by atoms with Gasteiger partial charge in [-0.1, -0.05) is 18.2 Å². The van der Waals surface area contributed by atoms with Gasteiger partial charge in [-0.25, -0.2) is 4.98 Å². The number of para-hydroxylation sites is 1. The first kappa shape index (κ1) is 8.44. The molecule has 3 rings (SSSR count). The normalized spacial score (nSPS) is 11.3. The van der Waals surface area contributed by atoms with Crippen LogP contribution in [0.15, 0.2) is 42.6 Å². The van der Waals surface area contributed by atoms with Crippen LogP contribution in [0.1, 0.15) is 5.56 Å². The van der Waals surface area contributed by atoms with Crippen LogP contribution in [0.2, 0.25) is 0 Å². The second-order valence-corrected chi connectivity index (χ2v) is 3.48. The molecule has 0 atom stereocenters. The first-order valence-electron chi connectivity index (χ1n) is 4.86. The van der Waals surface area contributed by atoms with E-state index in [0.29, 0.717) is 0 Å². The Balaban J connectivity index is 2.53. The number of aliphatic hydroxyl groups is 1. The van der Waals surface area contributed by atoms with Gasteiger partial charge in [0.1, 0.15) is 5.65 Å². The molecule has 0 saturated carbocycles. The fourth-order valence-electron chi connectivity index (χ4n) is 1.87. The molecule has 0 spiro atoms. The Hall–Kier alpha value is -1.87. The number of rotatable bonds is 1. The average molecular weight is 198 g/mol. The van der Waals surface area contributed by atoms with Crippen molar-refractivity contribution in [3.8, 4) is 0 Å². The minimum Gasteiger partial charge on any atom is -0.392 e. The fourth-order valence-corrected chi connectivity index (χ4v) is 1.87. The van der Waals surface area contributed by atoms with Gasteiger partial charge < -0.3 is 5.11 Å². The molecular weight excluding hydrogens is 188 g/mol. The predicted octanol–water partition coefficient (Wildman–Crippen LogP) is 1.98. The zero-order valence-corrected chi connectivity index (χ0v) is 8.09. The Morgan fingerprint density at radius 2 is 2.07 bits per heavy atom. The third-order valence-electron chi connectivity index (χ3n) is 2.59. The summed E-state index contributed by atoms with van der Waals surface area (Å²) in [4.78, 5) is 4.49. The van der Waals surface area contributed by atoms with E-state index >= 15 is 0 Å². The molecule has 3 heteroatoms. The van der Waals surface area contributed by atoms with Crippen LogP contribution in [0, 0.1) is 0 Å². The number of imidazole rings is 1. The molecule has 2 heterocycles. The van der Waals surface area contributed by atoms with Gasteiger partial charge in [-0.15, -0.1) is 0 Å². The average Bonchev–Trinajstić information content (AvgIpc) is 2.67. The molecule has 3 aromatic rings. The molecule has 0 aliphatic rings. The van der Waals surface area contributed by atoms with Crippen molar-refractivity contribution in [3.05, 3.63) is 48.2 Å². The van der Waals surface area contributed by atoms with Gasteiger partial charge in [0.05, 0.1) is 17.6 Å². The van der Waals surface area contributed by atoms with Gasteiger partial charge in [0.15, 0.2) is 0 Å². The lowest BCUT2D eigenvalue weighted by Crippen LogP contribution is -1.85. The van der Waals surface area contributed by atoms with Crippen molar-refractivity contribution in [1.82, 2.24) is 9.38 Å². The SMILES string of the molecule is OCc1cccc2c1nc1ccccn12. The number of fused-ring (bicyclic) bond motifs is 3. The van der Waals surface area contributed by atoms with Crippen LogP contribution < -0.4 is 0 Å². The Bertz CT molecular complexity index is 628. The van der Waals surface area contributed by atoms with E-state index in [0.717, 1.165) is 22.2 Å². The topological polar surface area (TPSA) is 37.5 Å². The highest BCUT2D eigenvalue weighted by Crippen LogP contribution is 2.19. The fraction of sp³-hybridized carbons (Fsp3) is 0.0833. The summed E-state index contributed by atoms with van der Waals surface area (Å²) in [6.45, 7) is 0.0290. The van der Waals surface area contributed by atoms with Crippen LogP contribution in [0.25, 0.3) is 16.7 Å². The second kappa shape index (κ2) is 3.07. The van der Waals surface area contributed by atoms with E-state index in [4.69, 9.17) is 0 Å². The summed E-state index contributed by atoms with van der Waals surface area (Å²) in [6.07, 6.45) is 1.98. The second-order valence-electron chi connectivity index (χ2n) is 3.48. The van der Waals surface area contributed by atoms with Gasteiger partial charge in [-0.2, -0.15) is 0 Å². The quantitative estimate of drug-likeness (QED) is 0.649. The van der Waals surface area contributed by atoms with E-state index in [1.165, 1.54) is 0 Å². The van der Waals surface area contributed by atoms with Gasteiger partial charge >= 0.3 is 0 Å². The molecule has 0 aliphatic carbocycles. The summed E-state index contributed by atoms with van der Waals surface area (Å²) >= 11 is 0. The molecule has 3 nitrogen and oxygen atoms in total. The molecule has 1 aromatic carbocycles. The number of hydrogen-bond donors (Lipinski definition) is 1. The van der Waals surface area contributed by atoms with E-state index < -0.39 is 0 Å². The molecule has 0 fully saturated rings. The largest absolute Gasteiger partial charge is 0.392 e. The molecule has 0 amide bonds. The van der Waals surface area contributed by atoms with Crippen molar-refractivity contribution < 1.29 is 5.11 Å². The summed E-state index contributed by atoms with van der Waals surface area (Å²) in [6, 6.07) is 11.7. The lowest BCUT2D eigenvalue weighted by molar-refractivity contribution is 0.283. The van der Waals surface area contributed by atoms with E-state index in [9.17, 15) is 5.11 Å². The highest BCUT2D eigenvalue weighted by atomic mass is 16.3. The van der Waals surface area contributed by atoms with Gasteiger partial charge in [-0.05, 0) is 18.2 Å². The third-order valence-corrected chi connectivity index (χ3v) is 2.59. The van der Waals surface area contributed by atoms with Crippen molar-refractivity contribution in [2.24, 2.45) is 0 Å². The van der Waals surface area contributed by atoms with Crippen molar-refractivity contribution in [2.45, 2.75) is 6.61 Å². The van der Waals surface area contributed by atoms with Crippen LogP contribution in [0.4, 0.5) is 0 Å². The molecule has 74 valence electrons. The monoisotopic (exact) mass is 198 g/mol. The van der Waals surface area contributed by atoms with Crippen LogP contribution in [0.5, 0.6) is 0 Å². The van der Waals surface area contributed by atoms with E-state index in [2.05, 4.69) is 4.98 Å². The standard InChI is InChI=1S/C12H10N2O/c15-8-9-4-3-5-10-12(9)13-11-6-1-2-7-14(10)11/h1-7,15H,8H2. The molecule has 15 heavy (non-hydrogen) atoms. The summed E-state index contributed by atoms with van der Waals surface area (Å²) in [5, 5.41) is 9.21. The van der Waals surface area contributed by atoms with Crippen LogP contribution in [-0.2, 0) is 6.61 Å². The number of pyridine rings is 1. The highest BCUT2D eigenvalue weighted by Gasteiger charge is 2.06. The number of aliphatic hydroxyl groups excluding tert-OH is 1. The van der Waals surface area contributed by atoms with Crippen LogP contribution in [0.3, 0.4) is 0 Å².